The van der Waals surface area contributed by atoms with E-state index in [1.165, 1.54) is 5.69 Å². The van der Waals surface area contributed by atoms with Gasteiger partial charge in [0.05, 0.1) is 17.7 Å². The molecule has 1 aliphatic rings. The zero-order chi connectivity index (χ0) is 10.3. The van der Waals surface area contributed by atoms with E-state index < -0.39 is 0 Å². The Labute approximate surface area is 87.2 Å². The Morgan fingerprint density at radius 2 is 2.33 bits per heavy atom. The quantitative estimate of drug-likeness (QED) is 0.679. The zero-order valence-corrected chi connectivity index (χ0v) is 8.14. The van der Waals surface area contributed by atoms with Crippen molar-refractivity contribution in [2.24, 2.45) is 0 Å². The second-order valence-electron chi connectivity index (χ2n) is 3.63. The first-order valence-electron chi connectivity index (χ1n) is 4.93. The van der Waals surface area contributed by atoms with E-state index in [0.717, 1.165) is 24.3 Å². The lowest BCUT2D eigenvalue weighted by Crippen LogP contribution is -2.01. The summed E-state index contributed by atoms with van der Waals surface area (Å²) in [5, 5.41) is 12.7. The molecule has 2 aromatic rings. The minimum absolute atomic E-state index is 0.282. The molecule has 0 fully saturated rings. The molecule has 0 atom stereocenters. The highest BCUT2D eigenvalue weighted by Crippen LogP contribution is 2.28. The van der Waals surface area contributed by atoms with Crippen LogP contribution in [0.15, 0.2) is 30.7 Å². The molecular formula is C11H11N3O. The number of hydrogen-bond donors (Lipinski definition) is 2. The first-order valence-corrected chi connectivity index (χ1v) is 4.93. The van der Waals surface area contributed by atoms with Crippen LogP contribution in [0, 0.1) is 0 Å². The second kappa shape index (κ2) is 3.02. The van der Waals surface area contributed by atoms with Crippen LogP contribution >= 0.6 is 0 Å². The molecule has 1 aromatic heterocycles. The number of nitrogens with one attached hydrogen (secondary N) is 1. The molecule has 15 heavy (non-hydrogen) atoms. The van der Waals surface area contributed by atoms with E-state index in [-0.39, 0.29) is 5.75 Å². The van der Waals surface area contributed by atoms with Crippen LogP contribution in [-0.2, 0) is 6.42 Å². The largest absolute Gasteiger partial charge is 0.508 e. The summed E-state index contributed by atoms with van der Waals surface area (Å²) in [5.41, 5.74) is 3.18. The Morgan fingerprint density at radius 1 is 1.40 bits per heavy atom. The summed E-state index contributed by atoms with van der Waals surface area (Å²) in [6.45, 7) is 0.863. The topological polar surface area (TPSA) is 50.1 Å². The van der Waals surface area contributed by atoms with Gasteiger partial charge in [0.25, 0.3) is 0 Å². The van der Waals surface area contributed by atoms with Crippen molar-refractivity contribution in [2.45, 2.75) is 6.42 Å². The van der Waals surface area contributed by atoms with Gasteiger partial charge in [0.1, 0.15) is 5.75 Å². The molecule has 0 amide bonds. The van der Waals surface area contributed by atoms with Gasteiger partial charge in [-0.05, 0) is 12.1 Å². The van der Waals surface area contributed by atoms with Crippen molar-refractivity contribution in [3.63, 3.8) is 0 Å². The van der Waals surface area contributed by atoms with E-state index in [0.29, 0.717) is 0 Å². The smallest absolute Gasteiger partial charge is 0.117 e. The summed E-state index contributed by atoms with van der Waals surface area (Å²) in [7, 11) is 0. The number of aromatic hydroxyl groups is 1. The average molecular weight is 201 g/mol. The van der Waals surface area contributed by atoms with Gasteiger partial charge < -0.3 is 15.0 Å². The third kappa shape index (κ3) is 1.26. The standard InChI is InChI=1S/C11H11N3O/c15-9-1-2-11-10(5-9)13-4-3-8-6-12-7-14(8)11/h1-2,5-7,13,15H,3-4H2. The van der Waals surface area contributed by atoms with Gasteiger partial charge in [0.15, 0.2) is 0 Å². The number of nitrogens with zero attached hydrogens (tertiary/aromatic N) is 2. The van der Waals surface area contributed by atoms with Gasteiger partial charge in [-0.15, -0.1) is 0 Å². The second-order valence-corrected chi connectivity index (χ2v) is 3.63. The lowest BCUT2D eigenvalue weighted by Gasteiger charge is -2.09. The zero-order valence-electron chi connectivity index (χ0n) is 8.14. The molecule has 0 unspecified atom stereocenters. The van der Waals surface area contributed by atoms with Gasteiger partial charge in [0.2, 0.25) is 0 Å². The molecule has 0 spiro atoms. The van der Waals surface area contributed by atoms with Gasteiger partial charge in [-0.1, -0.05) is 0 Å². The number of aromatic nitrogens is 2. The molecule has 4 heteroatoms. The van der Waals surface area contributed by atoms with Crippen LogP contribution in [0.3, 0.4) is 0 Å². The number of rotatable bonds is 0. The highest BCUT2D eigenvalue weighted by molar-refractivity contribution is 5.65. The van der Waals surface area contributed by atoms with E-state index in [1.807, 2.05) is 12.3 Å². The monoisotopic (exact) mass is 201 g/mol. The fourth-order valence-corrected chi connectivity index (χ4v) is 1.93. The first kappa shape index (κ1) is 8.35. The van der Waals surface area contributed by atoms with E-state index in [4.69, 9.17) is 0 Å². The van der Waals surface area contributed by atoms with Crippen molar-refractivity contribution < 1.29 is 5.11 Å². The van der Waals surface area contributed by atoms with Crippen molar-refractivity contribution in [3.8, 4) is 11.4 Å². The lowest BCUT2D eigenvalue weighted by atomic mass is 10.2. The summed E-state index contributed by atoms with van der Waals surface area (Å²) in [5.74, 6) is 0.282. The number of imidazole rings is 1. The fourth-order valence-electron chi connectivity index (χ4n) is 1.93. The van der Waals surface area contributed by atoms with Crippen molar-refractivity contribution in [1.82, 2.24) is 9.55 Å². The van der Waals surface area contributed by atoms with Crippen LogP contribution in [-0.4, -0.2) is 21.2 Å². The van der Waals surface area contributed by atoms with Crippen LogP contribution in [0.1, 0.15) is 5.69 Å². The summed E-state index contributed by atoms with van der Waals surface area (Å²) in [4.78, 5) is 4.14. The number of fused-ring (bicyclic) bond motifs is 3. The molecule has 2 N–H and O–H groups in total. The molecule has 0 radical (unpaired) electrons. The molecular weight excluding hydrogens is 190 g/mol. The predicted molar refractivity (Wildman–Crippen MR) is 57.4 cm³/mol. The molecule has 4 nitrogen and oxygen atoms in total. The van der Waals surface area contributed by atoms with Crippen LogP contribution in [0.5, 0.6) is 5.75 Å². The third-order valence-corrected chi connectivity index (χ3v) is 2.65. The van der Waals surface area contributed by atoms with E-state index >= 15 is 0 Å². The minimum Gasteiger partial charge on any atom is -0.508 e. The van der Waals surface area contributed by atoms with Crippen LogP contribution in [0.4, 0.5) is 5.69 Å². The average Bonchev–Trinajstić information content (AvgIpc) is 2.61. The Balaban J connectivity index is 2.25. The maximum Gasteiger partial charge on any atom is 0.117 e. The number of anilines is 1. The molecule has 2 heterocycles. The van der Waals surface area contributed by atoms with E-state index in [1.54, 1.807) is 18.5 Å². The first-order chi connectivity index (χ1) is 7.34. The van der Waals surface area contributed by atoms with Crippen LogP contribution < -0.4 is 5.32 Å². The Kier molecular flexibility index (Phi) is 1.68. The third-order valence-electron chi connectivity index (χ3n) is 2.65. The number of benzene rings is 1. The van der Waals surface area contributed by atoms with Gasteiger partial charge in [-0.2, -0.15) is 0 Å². The molecule has 1 aliphatic heterocycles. The van der Waals surface area contributed by atoms with Gasteiger partial charge in [0, 0.05) is 30.9 Å². The molecule has 0 saturated heterocycles. The number of phenols is 1. The number of hydrogen-bond acceptors (Lipinski definition) is 3. The normalized spacial score (nSPS) is 13.6. The molecule has 0 saturated carbocycles. The molecule has 76 valence electrons. The summed E-state index contributed by atoms with van der Waals surface area (Å²) in [6.07, 6.45) is 4.62. The fraction of sp³-hybridized carbons (Fsp3) is 0.182. The number of phenolic OH excluding ortho intramolecular Hbond substituents is 1. The Bertz CT molecular complexity index is 504. The molecule has 1 aromatic carbocycles. The highest BCUT2D eigenvalue weighted by atomic mass is 16.3. The maximum absolute atomic E-state index is 9.41. The maximum atomic E-state index is 9.41. The van der Waals surface area contributed by atoms with Gasteiger partial charge >= 0.3 is 0 Å². The summed E-state index contributed by atoms with van der Waals surface area (Å²) >= 11 is 0. The SMILES string of the molecule is Oc1ccc2c(c1)NCCc1cncn1-2. The Hall–Kier alpha value is -1.97. The molecule has 0 aliphatic carbocycles. The van der Waals surface area contributed by atoms with Crippen molar-refractivity contribution in [3.05, 3.63) is 36.4 Å². The van der Waals surface area contributed by atoms with E-state index in [9.17, 15) is 5.11 Å². The van der Waals surface area contributed by atoms with Crippen molar-refractivity contribution >= 4 is 5.69 Å². The lowest BCUT2D eigenvalue weighted by molar-refractivity contribution is 0.475. The Morgan fingerprint density at radius 3 is 3.27 bits per heavy atom. The van der Waals surface area contributed by atoms with Crippen LogP contribution in [0.2, 0.25) is 0 Å². The van der Waals surface area contributed by atoms with Gasteiger partial charge in [-0.3, -0.25) is 0 Å². The van der Waals surface area contributed by atoms with Crippen molar-refractivity contribution in [2.75, 3.05) is 11.9 Å². The predicted octanol–water partition coefficient (Wildman–Crippen LogP) is 1.55. The molecule has 0 bridgehead atoms. The highest BCUT2D eigenvalue weighted by Gasteiger charge is 2.13. The van der Waals surface area contributed by atoms with Crippen molar-refractivity contribution in [1.29, 1.82) is 0 Å². The van der Waals surface area contributed by atoms with Crippen LogP contribution in [0.25, 0.3) is 5.69 Å². The van der Waals surface area contributed by atoms with Gasteiger partial charge in [-0.25, -0.2) is 4.98 Å². The summed E-state index contributed by atoms with van der Waals surface area (Å²) < 4.78 is 2.05. The van der Waals surface area contributed by atoms with E-state index in [2.05, 4.69) is 14.9 Å². The molecule has 3 rings (SSSR count). The minimum atomic E-state index is 0.282. The summed E-state index contributed by atoms with van der Waals surface area (Å²) in [6, 6.07) is 5.33.